The Morgan fingerprint density at radius 2 is 1.73 bits per heavy atom. The van der Waals surface area contributed by atoms with Crippen molar-refractivity contribution in [1.82, 2.24) is 10.7 Å². The number of amides is 2. The highest BCUT2D eigenvalue weighted by Crippen LogP contribution is 2.27. The zero-order valence-corrected chi connectivity index (χ0v) is 18.9. The molecule has 0 heterocycles. The summed E-state index contributed by atoms with van der Waals surface area (Å²) in [5, 5.41) is 6.36. The van der Waals surface area contributed by atoms with Crippen molar-refractivity contribution in [2.45, 2.75) is 20.0 Å². The van der Waals surface area contributed by atoms with Crippen molar-refractivity contribution in [3.8, 4) is 17.2 Å². The molecule has 0 bridgehead atoms. The highest BCUT2D eigenvalue weighted by Gasteiger charge is 2.15. The minimum Gasteiger partial charge on any atom is -0.493 e. The smallest absolute Gasteiger partial charge is 0.347 e. The molecule has 0 fully saturated rings. The zero-order chi connectivity index (χ0) is 24.2. The van der Waals surface area contributed by atoms with Crippen LogP contribution in [0.2, 0.25) is 0 Å². The normalized spacial score (nSPS) is 11.4. The first kappa shape index (κ1) is 25.2. The van der Waals surface area contributed by atoms with E-state index in [1.54, 1.807) is 50.2 Å². The molecule has 1 unspecified atom stereocenters. The molecular weight excluding hydrogens is 430 g/mol. The van der Waals surface area contributed by atoms with Crippen molar-refractivity contribution in [1.29, 1.82) is 0 Å². The molecule has 2 aromatic carbocycles. The van der Waals surface area contributed by atoms with Crippen LogP contribution in [0.4, 0.5) is 0 Å². The molecule has 1 atom stereocenters. The number of carbonyl (C=O) groups is 3. The van der Waals surface area contributed by atoms with E-state index in [9.17, 15) is 14.4 Å². The number of rotatable bonds is 11. The largest absolute Gasteiger partial charge is 0.493 e. The Morgan fingerprint density at radius 1 is 1.03 bits per heavy atom. The summed E-state index contributed by atoms with van der Waals surface area (Å²) in [5.74, 6) is 0.0184. The van der Waals surface area contributed by atoms with Crippen LogP contribution < -0.4 is 25.0 Å². The number of esters is 1. The molecule has 33 heavy (non-hydrogen) atoms. The van der Waals surface area contributed by atoms with E-state index in [1.165, 1.54) is 26.5 Å². The first-order valence-electron chi connectivity index (χ1n) is 10.1. The third-order valence-corrected chi connectivity index (χ3v) is 4.27. The van der Waals surface area contributed by atoms with Gasteiger partial charge < -0.3 is 24.3 Å². The van der Waals surface area contributed by atoms with E-state index in [0.29, 0.717) is 28.4 Å². The van der Waals surface area contributed by atoms with Crippen LogP contribution in [0.5, 0.6) is 17.2 Å². The molecule has 10 heteroatoms. The van der Waals surface area contributed by atoms with Crippen molar-refractivity contribution in [2.24, 2.45) is 5.10 Å². The molecular formula is C23H27N3O7. The van der Waals surface area contributed by atoms with Gasteiger partial charge in [-0.2, -0.15) is 5.10 Å². The Balaban J connectivity index is 1.80. The first-order valence-corrected chi connectivity index (χ1v) is 10.1. The predicted octanol–water partition coefficient (Wildman–Crippen LogP) is 1.91. The Hall–Kier alpha value is -4.08. The third-order valence-electron chi connectivity index (χ3n) is 4.27. The summed E-state index contributed by atoms with van der Waals surface area (Å²) in [6.07, 6.45) is 0.713. The monoisotopic (exact) mass is 457 g/mol. The van der Waals surface area contributed by atoms with Crippen molar-refractivity contribution in [3.63, 3.8) is 0 Å². The molecule has 0 aromatic heterocycles. The number of hydrazone groups is 1. The van der Waals surface area contributed by atoms with Gasteiger partial charge in [-0.25, -0.2) is 10.2 Å². The molecule has 2 N–H and O–H groups in total. The second kappa shape index (κ2) is 12.7. The summed E-state index contributed by atoms with van der Waals surface area (Å²) in [6.45, 7) is 3.35. The fourth-order valence-corrected chi connectivity index (χ4v) is 2.60. The van der Waals surface area contributed by atoms with E-state index < -0.39 is 23.9 Å². The summed E-state index contributed by atoms with van der Waals surface area (Å²) in [7, 11) is 2.97. The zero-order valence-electron chi connectivity index (χ0n) is 18.9. The van der Waals surface area contributed by atoms with Gasteiger partial charge in [-0.05, 0) is 61.9 Å². The van der Waals surface area contributed by atoms with Crippen molar-refractivity contribution in [2.75, 3.05) is 27.4 Å². The second-order valence-electron chi connectivity index (χ2n) is 6.63. The maximum Gasteiger partial charge on any atom is 0.347 e. The van der Waals surface area contributed by atoms with Crippen LogP contribution in [0, 0.1) is 0 Å². The van der Waals surface area contributed by atoms with E-state index in [-0.39, 0.29) is 13.2 Å². The van der Waals surface area contributed by atoms with Crippen molar-refractivity contribution < 1.29 is 33.3 Å². The molecule has 0 saturated heterocycles. The number of nitrogens with zero attached hydrogens (tertiary/aromatic N) is 1. The molecule has 176 valence electrons. The van der Waals surface area contributed by atoms with Gasteiger partial charge >= 0.3 is 5.97 Å². The Bertz CT molecular complexity index is 990. The number of benzene rings is 2. The lowest BCUT2D eigenvalue weighted by atomic mass is 10.2. The van der Waals surface area contributed by atoms with Gasteiger partial charge in [0.25, 0.3) is 11.8 Å². The molecule has 0 aliphatic carbocycles. The molecule has 0 spiro atoms. The SMILES string of the molecule is CCOC(=O)C(C)Oc1ccc(/C=N/NC(=O)CNC(=O)c2ccc(OC)c(OC)c2)cc1. The van der Waals surface area contributed by atoms with E-state index in [4.69, 9.17) is 18.9 Å². The number of methoxy groups -OCH3 is 2. The van der Waals surface area contributed by atoms with Gasteiger partial charge in [-0.15, -0.1) is 0 Å². The molecule has 2 aromatic rings. The molecule has 2 rings (SSSR count). The lowest BCUT2D eigenvalue weighted by Crippen LogP contribution is -2.34. The van der Waals surface area contributed by atoms with E-state index in [2.05, 4.69) is 15.8 Å². The summed E-state index contributed by atoms with van der Waals surface area (Å²) in [6, 6.07) is 11.4. The number of carbonyl (C=O) groups excluding carboxylic acids is 3. The highest BCUT2D eigenvalue weighted by atomic mass is 16.6. The first-order chi connectivity index (χ1) is 15.9. The van der Waals surface area contributed by atoms with Crippen LogP contribution >= 0.6 is 0 Å². The van der Waals surface area contributed by atoms with Gasteiger partial charge in [0.1, 0.15) is 5.75 Å². The average Bonchev–Trinajstić information content (AvgIpc) is 2.83. The molecule has 0 radical (unpaired) electrons. The quantitative estimate of drug-likeness (QED) is 0.300. The number of ether oxygens (including phenoxy) is 4. The molecule has 0 aliphatic rings. The average molecular weight is 457 g/mol. The minimum atomic E-state index is -0.724. The third kappa shape index (κ3) is 7.84. The predicted molar refractivity (Wildman–Crippen MR) is 121 cm³/mol. The van der Waals surface area contributed by atoms with E-state index >= 15 is 0 Å². The molecule has 0 aliphatic heterocycles. The van der Waals surface area contributed by atoms with Gasteiger partial charge in [0, 0.05) is 5.56 Å². The standard InChI is InChI=1S/C23H27N3O7/c1-5-32-23(29)15(2)33-18-9-6-16(7-10-18)13-25-26-21(27)14-24-22(28)17-8-11-19(30-3)20(12-17)31-4/h6-13,15H,5,14H2,1-4H3,(H,24,28)(H,26,27)/b25-13+. The van der Waals surface area contributed by atoms with E-state index in [0.717, 1.165) is 0 Å². The van der Waals surface area contributed by atoms with Gasteiger partial charge in [-0.3, -0.25) is 9.59 Å². The van der Waals surface area contributed by atoms with E-state index in [1.807, 2.05) is 0 Å². The molecule has 10 nitrogen and oxygen atoms in total. The van der Waals surface area contributed by atoms with Crippen molar-refractivity contribution >= 4 is 24.0 Å². The van der Waals surface area contributed by atoms with Crippen LogP contribution in [0.15, 0.2) is 47.6 Å². The molecule has 2 amide bonds. The summed E-state index contributed by atoms with van der Waals surface area (Å²) in [4.78, 5) is 35.8. The van der Waals surface area contributed by atoms with Gasteiger partial charge in [0.05, 0.1) is 33.6 Å². The summed E-state index contributed by atoms with van der Waals surface area (Å²) < 4.78 is 20.7. The van der Waals surface area contributed by atoms with Gasteiger partial charge in [0.15, 0.2) is 17.6 Å². The fourth-order valence-electron chi connectivity index (χ4n) is 2.60. The number of hydrogen-bond donors (Lipinski definition) is 2. The van der Waals surface area contributed by atoms with Crippen molar-refractivity contribution in [3.05, 3.63) is 53.6 Å². The fraction of sp³-hybridized carbons (Fsp3) is 0.304. The number of hydrogen-bond acceptors (Lipinski definition) is 8. The maximum absolute atomic E-state index is 12.2. The number of nitrogens with one attached hydrogen (secondary N) is 2. The summed E-state index contributed by atoms with van der Waals surface area (Å²) >= 11 is 0. The Kier molecular flexibility index (Phi) is 9.69. The van der Waals surface area contributed by atoms with Crippen LogP contribution in [0.25, 0.3) is 0 Å². The highest BCUT2D eigenvalue weighted by molar-refractivity contribution is 5.97. The van der Waals surface area contributed by atoms with Crippen LogP contribution in [0.1, 0.15) is 29.8 Å². The van der Waals surface area contributed by atoms with Gasteiger partial charge in [-0.1, -0.05) is 0 Å². The van der Waals surface area contributed by atoms with Crippen LogP contribution in [-0.4, -0.2) is 57.5 Å². The minimum absolute atomic E-state index is 0.261. The lowest BCUT2D eigenvalue weighted by Gasteiger charge is -2.13. The van der Waals surface area contributed by atoms with Crippen LogP contribution in [0.3, 0.4) is 0 Å². The van der Waals surface area contributed by atoms with Crippen LogP contribution in [-0.2, 0) is 14.3 Å². The Labute approximate surface area is 191 Å². The lowest BCUT2D eigenvalue weighted by molar-refractivity contribution is -0.150. The molecule has 0 saturated carbocycles. The Morgan fingerprint density at radius 3 is 2.36 bits per heavy atom. The topological polar surface area (TPSA) is 125 Å². The van der Waals surface area contributed by atoms with Gasteiger partial charge in [0.2, 0.25) is 0 Å². The summed E-state index contributed by atoms with van der Waals surface area (Å²) in [5.41, 5.74) is 3.35. The second-order valence-corrected chi connectivity index (χ2v) is 6.63. The maximum atomic E-state index is 12.2.